The molecule has 0 spiro atoms. The summed E-state index contributed by atoms with van der Waals surface area (Å²) in [4.78, 5) is 12.0. The highest BCUT2D eigenvalue weighted by Gasteiger charge is 2.12. The molecule has 0 bridgehead atoms. The van der Waals surface area contributed by atoms with Crippen molar-refractivity contribution in [3.8, 4) is 0 Å². The molecule has 5 heteroatoms. The van der Waals surface area contributed by atoms with E-state index in [0.717, 1.165) is 16.5 Å². The van der Waals surface area contributed by atoms with E-state index >= 15 is 0 Å². The zero-order valence-electron chi connectivity index (χ0n) is 13.9. The van der Waals surface area contributed by atoms with Gasteiger partial charge in [-0.3, -0.25) is 0 Å². The summed E-state index contributed by atoms with van der Waals surface area (Å²) in [6, 6.07) is 19.3. The summed E-state index contributed by atoms with van der Waals surface area (Å²) in [6.45, 7) is 0.884. The molecular weight excluding hydrogens is 316 g/mol. The first-order valence-corrected chi connectivity index (χ1v) is 8.41. The van der Waals surface area contributed by atoms with Crippen molar-refractivity contribution in [2.75, 3.05) is 13.2 Å². The van der Waals surface area contributed by atoms with E-state index in [2.05, 4.69) is 10.6 Å². The normalized spacial score (nSPS) is 12.0. The molecule has 0 aliphatic heterocycles. The smallest absolute Gasteiger partial charge is 0.315 e. The lowest BCUT2D eigenvalue weighted by molar-refractivity contribution is 0.236. The summed E-state index contributed by atoms with van der Waals surface area (Å²) >= 11 is 0. The highest BCUT2D eigenvalue weighted by molar-refractivity contribution is 5.78. The van der Waals surface area contributed by atoms with E-state index in [4.69, 9.17) is 4.42 Å². The predicted octanol–water partition coefficient (Wildman–Crippen LogP) is 3.40. The van der Waals surface area contributed by atoms with Crippen molar-refractivity contribution in [1.82, 2.24) is 10.6 Å². The maximum absolute atomic E-state index is 12.0. The van der Waals surface area contributed by atoms with Crippen LogP contribution in [0.15, 0.2) is 65.1 Å². The van der Waals surface area contributed by atoms with E-state index in [1.165, 1.54) is 0 Å². The van der Waals surface area contributed by atoms with Crippen LogP contribution in [0.3, 0.4) is 0 Å². The second-order valence-electron chi connectivity index (χ2n) is 5.93. The lowest BCUT2D eigenvalue weighted by Crippen LogP contribution is -2.37. The summed E-state index contributed by atoms with van der Waals surface area (Å²) < 4.78 is 5.68. The van der Waals surface area contributed by atoms with E-state index in [0.29, 0.717) is 25.3 Å². The Morgan fingerprint density at radius 3 is 2.56 bits per heavy atom. The van der Waals surface area contributed by atoms with Crippen LogP contribution < -0.4 is 10.6 Å². The Kier molecular flexibility index (Phi) is 5.69. The molecule has 3 rings (SSSR count). The highest BCUT2D eigenvalue weighted by atomic mass is 16.3. The highest BCUT2D eigenvalue weighted by Crippen LogP contribution is 2.19. The molecule has 1 aromatic heterocycles. The molecule has 1 unspecified atom stereocenters. The molecule has 25 heavy (non-hydrogen) atoms. The van der Waals surface area contributed by atoms with Crippen molar-refractivity contribution in [3.05, 3.63) is 72.0 Å². The molecule has 0 saturated heterocycles. The number of hydrogen-bond donors (Lipinski definition) is 3. The molecule has 130 valence electrons. The molecule has 2 amide bonds. The molecular formula is C20H22N2O3. The molecule has 3 aromatic rings. The van der Waals surface area contributed by atoms with E-state index < -0.39 is 0 Å². The first-order chi connectivity index (χ1) is 12.3. The second-order valence-corrected chi connectivity index (χ2v) is 5.93. The Labute approximate surface area is 146 Å². The first kappa shape index (κ1) is 17.0. The minimum atomic E-state index is -0.251. The van der Waals surface area contributed by atoms with E-state index in [9.17, 15) is 9.90 Å². The number of urea groups is 1. The van der Waals surface area contributed by atoms with Crippen molar-refractivity contribution < 1.29 is 14.3 Å². The number of furan rings is 1. The van der Waals surface area contributed by atoms with Gasteiger partial charge < -0.3 is 20.2 Å². The average Bonchev–Trinajstić information content (AvgIpc) is 3.07. The molecule has 0 fully saturated rings. The molecule has 0 saturated carbocycles. The number of hydrogen-bond acceptors (Lipinski definition) is 3. The van der Waals surface area contributed by atoms with Gasteiger partial charge in [-0.05, 0) is 24.1 Å². The van der Waals surface area contributed by atoms with Crippen molar-refractivity contribution in [3.63, 3.8) is 0 Å². The quantitative estimate of drug-likeness (QED) is 0.618. The third-order valence-corrected chi connectivity index (χ3v) is 4.16. The summed E-state index contributed by atoms with van der Waals surface area (Å²) in [5.41, 5.74) is 1.92. The Morgan fingerprint density at radius 2 is 1.80 bits per heavy atom. The van der Waals surface area contributed by atoms with E-state index in [1.54, 1.807) is 0 Å². The van der Waals surface area contributed by atoms with Crippen molar-refractivity contribution in [1.29, 1.82) is 0 Å². The molecule has 5 nitrogen and oxygen atoms in total. The van der Waals surface area contributed by atoms with Crippen LogP contribution in [0.2, 0.25) is 0 Å². The zero-order valence-corrected chi connectivity index (χ0v) is 13.9. The fourth-order valence-corrected chi connectivity index (χ4v) is 2.84. The first-order valence-electron chi connectivity index (χ1n) is 8.41. The van der Waals surface area contributed by atoms with Crippen LogP contribution >= 0.6 is 0 Å². The number of benzene rings is 2. The number of amides is 2. The number of rotatable bonds is 7. The van der Waals surface area contributed by atoms with Crippen LogP contribution in [-0.2, 0) is 6.54 Å². The maximum atomic E-state index is 12.0. The lowest BCUT2D eigenvalue weighted by atomic mass is 9.96. The maximum Gasteiger partial charge on any atom is 0.315 e. The summed E-state index contributed by atoms with van der Waals surface area (Å²) in [7, 11) is 0. The number of fused-ring (bicyclic) bond motifs is 1. The van der Waals surface area contributed by atoms with Gasteiger partial charge in [-0.15, -0.1) is 0 Å². The van der Waals surface area contributed by atoms with Crippen molar-refractivity contribution in [2.24, 2.45) is 0 Å². The van der Waals surface area contributed by atoms with E-state index in [1.807, 2.05) is 60.7 Å². The van der Waals surface area contributed by atoms with Crippen molar-refractivity contribution in [2.45, 2.75) is 18.9 Å². The average molecular weight is 338 g/mol. The minimum absolute atomic E-state index is 0.0852. The fraction of sp³-hybridized carbons (Fsp3) is 0.250. The van der Waals surface area contributed by atoms with Crippen LogP contribution in [0.25, 0.3) is 11.0 Å². The van der Waals surface area contributed by atoms with Gasteiger partial charge in [0.2, 0.25) is 0 Å². The van der Waals surface area contributed by atoms with Crippen LogP contribution in [0.5, 0.6) is 0 Å². The third kappa shape index (κ3) is 4.61. The minimum Gasteiger partial charge on any atom is -0.459 e. The van der Waals surface area contributed by atoms with Gasteiger partial charge in [-0.1, -0.05) is 48.5 Å². The SMILES string of the molecule is O=C(NCc1cc2ccccc2o1)NCC(CCO)c1ccccc1. The number of aliphatic hydroxyl groups is 1. The van der Waals surface area contributed by atoms with Gasteiger partial charge in [0.05, 0.1) is 6.54 Å². The standard InChI is InChI=1S/C20H22N2O3/c23-11-10-17(15-6-2-1-3-7-15)13-21-20(24)22-14-18-12-16-8-4-5-9-19(16)25-18/h1-9,12,17,23H,10-11,13-14H2,(H2,21,22,24). The molecule has 0 aliphatic carbocycles. The number of carbonyl (C=O) groups is 1. The van der Waals surface area contributed by atoms with Crippen LogP contribution in [0.4, 0.5) is 4.79 Å². The van der Waals surface area contributed by atoms with E-state index in [-0.39, 0.29) is 18.6 Å². The van der Waals surface area contributed by atoms with Crippen LogP contribution in [0, 0.1) is 0 Å². The largest absolute Gasteiger partial charge is 0.459 e. The van der Waals surface area contributed by atoms with Gasteiger partial charge in [-0.2, -0.15) is 0 Å². The molecule has 1 heterocycles. The van der Waals surface area contributed by atoms with Crippen LogP contribution in [-0.4, -0.2) is 24.3 Å². The van der Waals surface area contributed by atoms with Gasteiger partial charge in [-0.25, -0.2) is 4.79 Å². The number of carbonyl (C=O) groups excluding carboxylic acids is 1. The van der Waals surface area contributed by atoms with Gasteiger partial charge in [0.15, 0.2) is 0 Å². The van der Waals surface area contributed by atoms with Crippen molar-refractivity contribution >= 4 is 17.0 Å². The molecule has 0 aliphatic rings. The predicted molar refractivity (Wildman–Crippen MR) is 97.3 cm³/mol. The number of nitrogens with one attached hydrogen (secondary N) is 2. The summed E-state index contributed by atoms with van der Waals surface area (Å²) in [5, 5.41) is 15.9. The summed E-state index contributed by atoms with van der Waals surface area (Å²) in [6.07, 6.45) is 0.605. The second kappa shape index (κ2) is 8.35. The Balaban J connectivity index is 1.51. The van der Waals surface area contributed by atoms with Gasteiger partial charge in [0.25, 0.3) is 0 Å². The number of aliphatic hydroxyl groups excluding tert-OH is 1. The topological polar surface area (TPSA) is 74.5 Å². The Bertz CT molecular complexity index is 781. The van der Waals surface area contributed by atoms with Gasteiger partial charge >= 0.3 is 6.03 Å². The monoisotopic (exact) mass is 338 g/mol. The van der Waals surface area contributed by atoms with Crippen LogP contribution in [0.1, 0.15) is 23.7 Å². The summed E-state index contributed by atoms with van der Waals surface area (Å²) in [5.74, 6) is 0.800. The van der Waals surface area contributed by atoms with Gasteiger partial charge in [0.1, 0.15) is 11.3 Å². The molecule has 0 radical (unpaired) electrons. The fourth-order valence-electron chi connectivity index (χ4n) is 2.84. The lowest BCUT2D eigenvalue weighted by Gasteiger charge is -2.17. The molecule has 1 atom stereocenters. The van der Waals surface area contributed by atoms with Gasteiger partial charge in [0, 0.05) is 24.5 Å². The number of para-hydroxylation sites is 1. The Hall–Kier alpha value is -2.79. The molecule has 3 N–H and O–H groups in total. The zero-order chi connectivity index (χ0) is 17.5. The Morgan fingerprint density at radius 1 is 1.04 bits per heavy atom. The third-order valence-electron chi connectivity index (χ3n) is 4.16. The molecule has 2 aromatic carbocycles.